The van der Waals surface area contributed by atoms with E-state index in [1.165, 1.54) is 5.56 Å². The third-order valence-corrected chi connectivity index (χ3v) is 5.92. The molecule has 0 N–H and O–H groups in total. The summed E-state index contributed by atoms with van der Waals surface area (Å²) < 4.78 is 0. The molecular weight excluding hydrogens is 348 g/mol. The third-order valence-electron chi connectivity index (χ3n) is 5.92. The van der Waals surface area contributed by atoms with Gasteiger partial charge in [-0.1, -0.05) is 50.3 Å². The minimum absolute atomic E-state index is 0.174. The van der Waals surface area contributed by atoms with Gasteiger partial charge in [0.2, 0.25) is 11.8 Å². The highest BCUT2D eigenvalue weighted by molar-refractivity contribution is 5.80. The second-order valence-electron chi connectivity index (χ2n) is 8.94. The number of carbonyl (C=O) groups is 2. The number of nitrogens with zero attached hydrogens (tertiary/aromatic N) is 2. The molecule has 0 aromatic heterocycles. The van der Waals surface area contributed by atoms with Crippen molar-refractivity contribution in [3.8, 4) is 0 Å². The zero-order chi connectivity index (χ0) is 20.1. The standard InChI is InChI=1S/C24H34N2O2/c1-18(2)16-25(3)23(27)15-20-10-8-19(9-11-20)14-21-12-13-26(17-21)24(28)22-6-4-5-7-22/h4-5,8-11,18,21-22H,6-7,12-17H2,1-3H3. The molecule has 4 heteroatoms. The first-order chi connectivity index (χ1) is 13.4. The molecule has 1 aliphatic carbocycles. The minimum Gasteiger partial charge on any atom is -0.345 e. The summed E-state index contributed by atoms with van der Waals surface area (Å²) in [6, 6.07) is 8.46. The highest BCUT2D eigenvalue weighted by Gasteiger charge is 2.30. The Morgan fingerprint density at radius 1 is 1.11 bits per heavy atom. The molecule has 1 fully saturated rings. The Balaban J connectivity index is 1.47. The van der Waals surface area contributed by atoms with Crippen molar-refractivity contribution in [2.24, 2.45) is 17.8 Å². The smallest absolute Gasteiger partial charge is 0.226 e. The van der Waals surface area contributed by atoms with Crippen molar-refractivity contribution < 1.29 is 9.59 Å². The zero-order valence-electron chi connectivity index (χ0n) is 17.6. The summed E-state index contributed by atoms with van der Waals surface area (Å²) in [5, 5.41) is 0. The molecule has 1 atom stereocenters. The van der Waals surface area contributed by atoms with E-state index in [1.807, 2.05) is 11.9 Å². The molecule has 1 heterocycles. The van der Waals surface area contributed by atoms with E-state index in [0.717, 1.165) is 50.9 Å². The van der Waals surface area contributed by atoms with E-state index in [4.69, 9.17) is 0 Å². The van der Waals surface area contributed by atoms with Gasteiger partial charge in [-0.15, -0.1) is 0 Å². The van der Waals surface area contributed by atoms with Crippen molar-refractivity contribution in [1.82, 2.24) is 9.80 Å². The van der Waals surface area contributed by atoms with E-state index in [1.54, 1.807) is 0 Å². The summed E-state index contributed by atoms with van der Waals surface area (Å²) in [7, 11) is 1.88. The molecule has 152 valence electrons. The van der Waals surface area contributed by atoms with Crippen molar-refractivity contribution in [1.29, 1.82) is 0 Å². The SMILES string of the molecule is CC(C)CN(C)C(=O)Cc1ccc(CC2CCN(C(=O)C3CC=CC3)C2)cc1. The molecule has 1 saturated heterocycles. The fourth-order valence-electron chi connectivity index (χ4n) is 4.36. The molecule has 4 nitrogen and oxygen atoms in total. The summed E-state index contributed by atoms with van der Waals surface area (Å²) in [6.45, 7) is 6.83. The Morgan fingerprint density at radius 2 is 1.75 bits per heavy atom. The number of hydrogen-bond acceptors (Lipinski definition) is 2. The Kier molecular flexibility index (Phi) is 6.93. The first kappa shape index (κ1) is 20.6. The Hall–Kier alpha value is -2.10. The van der Waals surface area contributed by atoms with Gasteiger partial charge in [0.1, 0.15) is 0 Å². The third kappa shape index (κ3) is 5.46. The first-order valence-corrected chi connectivity index (χ1v) is 10.7. The van der Waals surface area contributed by atoms with Gasteiger partial charge in [0.25, 0.3) is 0 Å². The molecule has 0 radical (unpaired) electrons. The van der Waals surface area contributed by atoms with Crippen LogP contribution in [-0.4, -0.2) is 48.3 Å². The van der Waals surface area contributed by atoms with Gasteiger partial charge in [0, 0.05) is 32.6 Å². The molecule has 2 amide bonds. The number of likely N-dealkylation sites (tertiary alicyclic amines) is 1. The molecule has 28 heavy (non-hydrogen) atoms. The predicted molar refractivity (Wildman–Crippen MR) is 113 cm³/mol. The van der Waals surface area contributed by atoms with Crippen molar-refractivity contribution in [2.75, 3.05) is 26.7 Å². The fraction of sp³-hybridized carbons (Fsp3) is 0.583. The van der Waals surface area contributed by atoms with E-state index in [-0.39, 0.29) is 11.8 Å². The van der Waals surface area contributed by atoms with Crippen LogP contribution in [0.1, 0.15) is 44.2 Å². The number of benzene rings is 1. The summed E-state index contributed by atoms with van der Waals surface area (Å²) in [6.07, 6.45) is 8.63. The van der Waals surface area contributed by atoms with Gasteiger partial charge in [-0.2, -0.15) is 0 Å². The van der Waals surface area contributed by atoms with E-state index >= 15 is 0 Å². The monoisotopic (exact) mass is 382 g/mol. The quantitative estimate of drug-likeness (QED) is 0.675. The van der Waals surface area contributed by atoms with Gasteiger partial charge < -0.3 is 9.80 Å². The van der Waals surface area contributed by atoms with Gasteiger partial charge in [0.05, 0.1) is 6.42 Å². The maximum Gasteiger partial charge on any atom is 0.226 e. The van der Waals surface area contributed by atoms with Gasteiger partial charge in [-0.3, -0.25) is 9.59 Å². The minimum atomic E-state index is 0.174. The predicted octanol–water partition coefficient (Wildman–Crippen LogP) is 3.70. The van der Waals surface area contributed by atoms with Crippen LogP contribution in [0.4, 0.5) is 0 Å². The maximum absolute atomic E-state index is 12.6. The average molecular weight is 383 g/mol. The highest BCUT2D eigenvalue weighted by Crippen LogP contribution is 2.26. The zero-order valence-corrected chi connectivity index (χ0v) is 17.6. The molecular formula is C24H34N2O2. The van der Waals surface area contributed by atoms with Crippen LogP contribution in [0.2, 0.25) is 0 Å². The van der Waals surface area contributed by atoms with E-state index in [0.29, 0.717) is 24.2 Å². The lowest BCUT2D eigenvalue weighted by Gasteiger charge is -2.20. The van der Waals surface area contributed by atoms with Crippen LogP contribution in [0.5, 0.6) is 0 Å². The Bertz CT molecular complexity index is 700. The summed E-state index contributed by atoms with van der Waals surface area (Å²) >= 11 is 0. The lowest BCUT2D eigenvalue weighted by Crippen LogP contribution is -2.33. The molecule has 1 aliphatic heterocycles. The molecule has 3 rings (SSSR count). The van der Waals surface area contributed by atoms with Gasteiger partial charge >= 0.3 is 0 Å². The van der Waals surface area contributed by atoms with Gasteiger partial charge in [-0.25, -0.2) is 0 Å². The highest BCUT2D eigenvalue weighted by atomic mass is 16.2. The number of hydrogen-bond donors (Lipinski definition) is 0. The van der Waals surface area contributed by atoms with Crippen LogP contribution < -0.4 is 0 Å². The Labute approximate surface area is 169 Å². The average Bonchev–Trinajstić information content (AvgIpc) is 3.34. The molecule has 1 aromatic carbocycles. The van der Waals surface area contributed by atoms with Crippen molar-refractivity contribution in [3.05, 3.63) is 47.5 Å². The molecule has 0 spiro atoms. The fourth-order valence-corrected chi connectivity index (χ4v) is 4.36. The molecule has 1 aromatic rings. The van der Waals surface area contributed by atoms with Crippen LogP contribution in [0, 0.1) is 17.8 Å². The van der Waals surface area contributed by atoms with Crippen LogP contribution in [-0.2, 0) is 22.4 Å². The van der Waals surface area contributed by atoms with E-state index in [9.17, 15) is 9.59 Å². The molecule has 0 saturated carbocycles. The van der Waals surface area contributed by atoms with Gasteiger partial charge in [0.15, 0.2) is 0 Å². The maximum atomic E-state index is 12.6. The van der Waals surface area contributed by atoms with Crippen molar-refractivity contribution in [2.45, 2.75) is 46.0 Å². The lowest BCUT2D eigenvalue weighted by molar-refractivity contribution is -0.134. The van der Waals surface area contributed by atoms with Crippen LogP contribution in [0.3, 0.4) is 0 Å². The van der Waals surface area contributed by atoms with Crippen molar-refractivity contribution in [3.63, 3.8) is 0 Å². The summed E-state index contributed by atoms with van der Waals surface area (Å²) in [4.78, 5) is 28.8. The van der Waals surface area contributed by atoms with Crippen LogP contribution in [0.15, 0.2) is 36.4 Å². The largest absolute Gasteiger partial charge is 0.345 e. The first-order valence-electron chi connectivity index (χ1n) is 10.7. The molecule has 0 bridgehead atoms. The molecule has 1 unspecified atom stereocenters. The normalized spacial score (nSPS) is 19.6. The number of allylic oxidation sites excluding steroid dienone is 2. The topological polar surface area (TPSA) is 40.6 Å². The number of rotatable bonds is 7. The lowest BCUT2D eigenvalue weighted by atomic mass is 9.97. The second kappa shape index (κ2) is 9.40. The molecule has 2 aliphatic rings. The van der Waals surface area contributed by atoms with E-state index < -0.39 is 0 Å². The summed E-state index contributed by atoms with van der Waals surface area (Å²) in [5.74, 6) is 1.73. The Morgan fingerprint density at radius 3 is 2.39 bits per heavy atom. The number of carbonyl (C=O) groups excluding carboxylic acids is 2. The number of likely N-dealkylation sites (N-methyl/N-ethyl adjacent to an activating group) is 1. The summed E-state index contributed by atoms with van der Waals surface area (Å²) in [5.41, 5.74) is 2.37. The number of amides is 2. The van der Waals surface area contributed by atoms with E-state index in [2.05, 4.69) is 55.2 Å². The second-order valence-corrected chi connectivity index (χ2v) is 8.94. The van der Waals surface area contributed by atoms with Crippen molar-refractivity contribution >= 4 is 11.8 Å². The van der Waals surface area contributed by atoms with Crippen LogP contribution >= 0.6 is 0 Å². The van der Waals surface area contributed by atoms with Crippen LogP contribution in [0.25, 0.3) is 0 Å². The van der Waals surface area contributed by atoms with Gasteiger partial charge in [-0.05, 0) is 48.6 Å².